The second-order valence-electron chi connectivity index (χ2n) is 9.77. The summed E-state index contributed by atoms with van der Waals surface area (Å²) in [7, 11) is 1.49. The highest BCUT2D eigenvalue weighted by Crippen LogP contribution is 2.45. The van der Waals surface area contributed by atoms with Crippen LogP contribution < -0.4 is 15.4 Å². The third-order valence-corrected chi connectivity index (χ3v) is 7.40. The average molecular weight is 560 g/mol. The van der Waals surface area contributed by atoms with Crippen LogP contribution in [-0.2, 0) is 11.2 Å². The smallest absolute Gasteiger partial charge is 0.322 e. The zero-order valence-electron chi connectivity index (χ0n) is 23.3. The van der Waals surface area contributed by atoms with Crippen molar-refractivity contribution in [2.45, 2.75) is 72.3 Å². The molecule has 210 valence electrons. The summed E-state index contributed by atoms with van der Waals surface area (Å²) in [5.74, 6) is -0.648. The second-order valence-corrected chi connectivity index (χ2v) is 10.1. The number of urea groups is 1. The van der Waals surface area contributed by atoms with Crippen molar-refractivity contribution in [1.29, 1.82) is 0 Å². The monoisotopic (exact) mass is 559 g/mol. The zero-order valence-corrected chi connectivity index (χ0v) is 24.1. The third-order valence-electron chi connectivity index (χ3n) is 7.14. The number of aromatic nitrogens is 1. The van der Waals surface area contributed by atoms with Crippen LogP contribution in [0, 0.1) is 24.5 Å². The van der Waals surface area contributed by atoms with Crippen molar-refractivity contribution >= 4 is 35.2 Å². The van der Waals surface area contributed by atoms with Gasteiger partial charge in [-0.15, -0.1) is 0 Å². The van der Waals surface area contributed by atoms with Crippen LogP contribution in [0.5, 0.6) is 5.75 Å². The Morgan fingerprint density at radius 1 is 1.23 bits per heavy atom. The van der Waals surface area contributed by atoms with Crippen LogP contribution in [-0.4, -0.2) is 29.6 Å². The number of carbonyl (C=O) groups is 2. The average Bonchev–Trinajstić information content (AvgIpc) is 3.69. The number of amides is 3. The SMILES string of the molecule is CC/C=C(\C)c1c(CC)ccc(OC)c1F.CC[C@@]1(/C(=C/c2nc(Cl)c(F)cc2C)C2CC2)NC(=O)NC1=O. The van der Waals surface area contributed by atoms with E-state index in [1.54, 1.807) is 19.1 Å². The van der Waals surface area contributed by atoms with E-state index in [-0.39, 0.29) is 22.8 Å². The number of rotatable bonds is 8. The van der Waals surface area contributed by atoms with E-state index in [1.807, 2.05) is 39.8 Å². The summed E-state index contributed by atoms with van der Waals surface area (Å²) in [5.41, 5.74) is 3.59. The number of methoxy groups -OCH3 is 1. The Morgan fingerprint density at radius 2 is 1.92 bits per heavy atom. The summed E-state index contributed by atoms with van der Waals surface area (Å²) < 4.78 is 32.6. The van der Waals surface area contributed by atoms with Crippen molar-refractivity contribution in [3.8, 4) is 5.75 Å². The van der Waals surface area contributed by atoms with Gasteiger partial charge in [-0.25, -0.2) is 18.6 Å². The minimum atomic E-state index is -1.06. The molecule has 1 aliphatic heterocycles. The Morgan fingerprint density at radius 3 is 2.44 bits per heavy atom. The molecule has 1 saturated heterocycles. The van der Waals surface area contributed by atoms with Crippen LogP contribution in [0.25, 0.3) is 11.6 Å². The molecule has 9 heteroatoms. The van der Waals surface area contributed by atoms with Crippen LogP contribution in [0.4, 0.5) is 13.6 Å². The Labute approximate surface area is 233 Å². The van der Waals surface area contributed by atoms with Gasteiger partial charge in [-0.05, 0) is 92.4 Å². The number of imide groups is 1. The summed E-state index contributed by atoms with van der Waals surface area (Å²) in [6.45, 7) is 9.60. The maximum absolute atomic E-state index is 14.1. The van der Waals surface area contributed by atoms with Gasteiger partial charge in [-0.3, -0.25) is 10.1 Å². The minimum Gasteiger partial charge on any atom is -0.494 e. The fourth-order valence-electron chi connectivity index (χ4n) is 4.88. The van der Waals surface area contributed by atoms with Gasteiger partial charge in [0.05, 0.1) is 12.8 Å². The lowest BCUT2D eigenvalue weighted by molar-refractivity contribution is -0.122. The predicted octanol–water partition coefficient (Wildman–Crippen LogP) is 7.17. The first-order valence-corrected chi connectivity index (χ1v) is 13.6. The molecule has 0 spiro atoms. The lowest BCUT2D eigenvalue weighted by Gasteiger charge is -2.28. The minimum absolute atomic E-state index is 0.206. The number of nitrogens with zero attached hydrogens (tertiary/aromatic N) is 1. The number of aryl methyl sites for hydroxylation is 2. The first kappa shape index (κ1) is 30.3. The topological polar surface area (TPSA) is 80.3 Å². The van der Waals surface area contributed by atoms with Crippen molar-refractivity contribution < 1.29 is 23.1 Å². The fraction of sp³-hybridized carbons (Fsp3) is 0.433. The third kappa shape index (κ3) is 6.49. The van der Waals surface area contributed by atoms with Crippen molar-refractivity contribution in [2.24, 2.45) is 5.92 Å². The highest BCUT2D eigenvalue weighted by Gasteiger charge is 2.51. The molecule has 1 aromatic carbocycles. The molecule has 2 N–H and O–H groups in total. The van der Waals surface area contributed by atoms with Crippen LogP contribution in [0.2, 0.25) is 5.15 Å². The number of benzene rings is 1. The van der Waals surface area contributed by atoms with Crippen molar-refractivity contribution in [2.75, 3.05) is 7.11 Å². The maximum atomic E-state index is 14.1. The molecule has 1 aliphatic carbocycles. The van der Waals surface area contributed by atoms with Gasteiger partial charge in [-0.2, -0.15) is 0 Å². The van der Waals surface area contributed by atoms with E-state index in [1.165, 1.54) is 13.2 Å². The first-order chi connectivity index (χ1) is 18.5. The van der Waals surface area contributed by atoms with Gasteiger partial charge in [0.25, 0.3) is 5.91 Å². The van der Waals surface area contributed by atoms with Gasteiger partial charge in [-0.1, -0.05) is 44.5 Å². The van der Waals surface area contributed by atoms with E-state index in [4.69, 9.17) is 16.3 Å². The highest BCUT2D eigenvalue weighted by molar-refractivity contribution is 6.29. The van der Waals surface area contributed by atoms with Crippen molar-refractivity contribution in [3.63, 3.8) is 0 Å². The van der Waals surface area contributed by atoms with Gasteiger partial charge in [0, 0.05) is 5.56 Å². The number of hydrogen-bond donors (Lipinski definition) is 2. The molecule has 1 atom stereocenters. The molecule has 2 aliphatic rings. The maximum Gasteiger partial charge on any atom is 0.322 e. The fourth-order valence-corrected chi connectivity index (χ4v) is 5.03. The number of ether oxygens (including phenoxy) is 1. The molecule has 6 nitrogen and oxygen atoms in total. The summed E-state index contributed by atoms with van der Waals surface area (Å²) in [4.78, 5) is 28.1. The largest absolute Gasteiger partial charge is 0.494 e. The van der Waals surface area contributed by atoms with E-state index in [0.717, 1.165) is 42.4 Å². The molecule has 39 heavy (non-hydrogen) atoms. The van der Waals surface area contributed by atoms with Gasteiger partial charge in [0.1, 0.15) is 5.54 Å². The number of pyridine rings is 1. The van der Waals surface area contributed by atoms with Gasteiger partial charge >= 0.3 is 6.03 Å². The van der Waals surface area contributed by atoms with E-state index >= 15 is 0 Å². The van der Waals surface area contributed by atoms with Crippen molar-refractivity contribution in [3.05, 3.63) is 69.0 Å². The van der Waals surface area contributed by atoms with E-state index in [9.17, 15) is 18.4 Å². The molecule has 3 amide bonds. The summed E-state index contributed by atoms with van der Waals surface area (Å²) in [5, 5.41) is 4.85. The number of hydrogen-bond acceptors (Lipinski definition) is 4. The molecule has 0 radical (unpaired) electrons. The molecule has 1 saturated carbocycles. The molecular weight excluding hydrogens is 524 g/mol. The highest BCUT2D eigenvalue weighted by atomic mass is 35.5. The quantitative estimate of drug-likeness (QED) is 0.265. The second kappa shape index (κ2) is 12.7. The zero-order chi connectivity index (χ0) is 28.9. The Bertz CT molecular complexity index is 1320. The van der Waals surface area contributed by atoms with Crippen LogP contribution in [0.3, 0.4) is 0 Å². The van der Waals surface area contributed by atoms with Gasteiger partial charge < -0.3 is 10.1 Å². The lowest BCUT2D eigenvalue weighted by Crippen LogP contribution is -2.48. The first-order valence-electron chi connectivity index (χ1n) is 13.2. The standard InChI is InChI=1S/C16H17ClFN3O2.C14H19FO/c1-3-16(14(22)20-15(23)21-16)10(9-4-5-9)7-12-8(2)6-11(18)13(17)19-12;1-5-7-10(3)13-11(6-2)8-9-12(16-4)14(13)15/h6-7,9H,3-5H2,1-2H3,(H2,20,21,22,23);7-9H,5-6H2,1-4H3/b2*10-7+/t16-;/m0./s1. The molecule has 0 bridgehead atoms. The summed E-state index contributed by atoms with van der Waals surface area (Å²) >= 11 is 5.78. The molecule has 2 aromatic rings. The normalized spacial score (nSPS) is 19.3. The number of nitrogens with one attached hydrogen (secondary N) is 2. The van der Waals surface area contributed by atoms with Crippen LogP contribution in [0.15, 0.2) is 29.8 Å². The molecular formula is C30H36ClF2N3O3. The van der Waals surface area contributed by atoms with E-state index in [2.05, 4.69) is 15.6 Å². The van der Waals surface area contributed by atoms with Crippen LogP contribution >= 0.6 is 11.6 Å². The Kier molecular flexibility index (Phi) is 9.88. The molecule has 4 rings (SSSR count). The molecule has 2 heterocycles. The number of halogens is 3. The molecule has 0 unspecified atom stereocenters. The van der Waals surface area contributed by atoms with E-state index in [0.29, 0.717) is 29.0 Å². The number of carbonyl (C=O) groups excluding carboxylic acids is 2. The summed E-state index contributed by atoms with van der Waals surface area (Å²) in [6.07, 6.45) is 7.87. The van der Waals surface area contributed by atoms with Crippen molar-refractivity contribution in [1.82, 2.24) is 15.6 Å². The van der Waals surface area contributed by atoms with Crippen LogP contribution in [0.1, 0.15) is 75.8 Å². The molecule has 2 fully saturated rings. The van der Waals surface area contributed by atoms with Gasteiger partial charge in [0.15, 0.2) is 22.5 Å². The lowest BCUT2D eigenvalue weighted by atomic mass is 9.83. The number of allylic oxidation sites excluding steroid dienone is 2. The van der Waals surface area contributed by atoms with E-state index < -0.39 is 17.4 Å². The molecule has 1 aromatic heterocycles. The van der Waals surface area contributed by atoms with Gasteiger partial charge in [0.2, 0.25) is 0 Å². The summed E-state index contributed by atoms with van der Waals surface area (Å²) in [6, 6.07) is 4.45. The predicted molar refractivity (Wildman–Crippen MR) is 151 cm³/mol. The Balaban J connectivity index is 0.000000231. The Hall–Kier alpha value is -3.26.